The topological polar surface area (TPSA) is 9.23 Å². The third kappa shape index (κ3) is 3.83. The van der Waals surface area contributed by atoms with Crippen LogP contribution >= 0.6 is 0 Å². The van der Waals surface area contributed by atoms with Crippen molar-refractivity contribution in [3.05, 3.63) is 0 Å². The lowest BCUT2D eigenvalue weighted by Crippen LogP contribution is -2.57. The first-order chi connectivity index (χ1) is 13.4. The molecule has 8 atom stereocenters. The Morgan fingerprint density at radius 1 is 0.750 bits per heavy atom. The summed E-state index contributed by atoms with van der Waals surface area (Å²) in [5.74, 6) is 5.55. The fraction of sp³-hybridized carbons (Fsp3) is 1.00. The maximum Gasteiger partial charge on any atom is 0.0607 e. The minimum atomic E-state index is 0.539. The van der Waals surface area contributed by atoms with Gasteiger partial charge in [0.05, 0.1) is 6.10 Å². The summed E-state index contributed by atoms with van der Waals surface area (Å²) in [7, 11) is 1.99. The summed E-state index contributed by atoms with van der Waals surface area (Å²) in [6, 6.07) is 0. The van der Waals surface area contributed by atoms with Gasteiger partial charge in [-0.25, -0.2) is 0 Å². The van der Waals surface area contributed by atoms with Crippen molar-refractivity contribution in [2.24, 2.45) is 46.3 Å². The molecule has 0 aromatic carbocycles. The number of methoxy groups -OCH3 is 1. The molecule has 0 aromatic rings. The molecule has 0 aliphatic heterocycles. The molecular weight excluding hydrogens is 340 g/mol. The Kier molecular flexibility index (Phi) is 8.52. The summed E-state index contributed by atoms with van der Waals surface area (Å²) in [5.41, 5.74) is 1.19. The van der Waals surface area contributed by atoms with E-state index in [2.05, 4.69) is 27.7 Å². The van der Waals surface area contributed by atoms with Crippen LogP contribution in [0.4, 0.5) is 0 Å². The molecule has 0 saturated heterocycles. The smallest absolute Gasteiger partial charge is 0.0607 e. The molecule has 0 heterocycles. The van der Waals surface area contributed by atoms with Crippen LogP contribution in [0.25, 0.3) is 0 Å². The highest BCUT2D eigenvalue weighted by Crippen LogP contribution is 2.68. The van der Waals surface area contributed by atoms with Gasteiger partial charge in [-0.05, 0) is 91.3 Å². The van der Waals surface area contributed by atoms with E-state index in [1.165, 1.54) is 57.8 Å². The van der Waals surface area contributed by atoms with E-state index in [0.717, 1.165) is 35.5 Å². The van der Waals surface area contributed by atoms with Gasteiger partial charge in [0.1, 0.15) is 0 Å². The molecule has 4 saturated carbocycles. The molecular formula is C27H52O. The Hall–Kier alpha value is -0.0400. The van der Waals surface area contributed by atoms with Crippen molar-refractivity contribution >= 4 is 0 Å². The van der Waals surface area contributed by atoms with E-state index < -0.39 is 0 Å². The van der Waals surface area contributed by atoms with Crippen LogP contribution in [0, 0.1) is 46.3 Å². The van der Waals surface area contributed by atoms with E-state index in [0.29, 0.717) is 16.9 Å². The number of rotatable bonds is 2. The van der Waals surface area contributed by atoms with Crippen LogP contribution in [0.15, 0.2) is 0 Å². The summed E-state index contributed by atoms with van der Waals surface area (Å²) in [6.45, 7) is 18.3. The van der Waals surface area contributed by atoms with Gasteiger partial charge in [-0.15, -0.1) is 0 Å². The van der Waals surface area contributed by atoms with Gasteiger partial charge in [0.15, 0.2) is 0 Å². The van der Waals surface area contributed by atoms with Crippen molar-refractivity contribution in [1.82, 2.24) is 0 Å². The van der Waals surface area contributed by atoms with Gasteiger partial charge >= 0.3 is 0 Å². The fourth-order valence-electron chi connectivity index (χ4n) is 8.72. The molecule has 166 valence electrons. The predicted octanol–water partition coefficient (Wildman–Crippen LogP) is 8.37. The van der Waals surface area contributed by atoms with Gasteiger partial charge in [0, 0.05) is 7.11 Å². The summed E-state index contributed by atoms with van der Waals surface area (Å²) in [4.78, 5) is 0. The Bertz CT molecular complexity index is 471. The molecule has 0 amide bonds. The summed E-state index contributed by atoms with van der Waals surface area (Å²) in [5, 5.41) is 0. The van der Waals surface area contributed by atoms with Crippen LogP contribution in [0.3, 0.4) is 0 Å². The minimum Gasteiger partial charge on any atom is -0.381 e. The molecule has 0 aromatic heterocycles. The Balaban J connectivity index is 0.000000660. The van der Waals surface area contributed by atoms with Crippen LogP contribution in [0.2, 0.25) is 0 Å². The van der Waals surface area contributed by atoms with Crippen molar-refractivity contribution in [3.63, 3.8) is 0 Å². The molecule has 8 unspecified atom stereocenters. The molecule has 4 rings (SSSR count). The average Bonchev–Trinajstić information content (AvgIpc) is 3.07. The quantitative estimate of drug-likeness (QED) is 0.458. The molecule has 0 N–H and O–H groups in total. The summed E-state index contributed by atoms with van der Waals surface area (Å²) >= 11 is 0. The van der Waals surface area contributed by atoms with E-state index in [9.17, 15) is 0 Å². The van der Waals surface area contributed by atoms with Crippen molar-refractivity contribution in [1.29, 1.82) is 0 Å². The zero-order valence-electron chi connectivity index (χ0n) is 20.8. The molecule has 4 aliphatic carbocycles. The predicted molar refractivity (Wildman–Crippen MR) is 124 cm³/mol. The molecule has 4 aliphatic rings. The number of hydrogen-bond donors (Lipinski definition) is 0. The first kappa shape index (κ1) is 24.2. The first-order valence-electron chi connectivity index (χ1n) is 12.9. The largest absolute Gasteiger partial charge is 0.381 e. The highest BCUT2D eigenvalue weighted by atomic mass is 16.5. The Labute approximate surface area is 177 Å². The zero-order chi connectivity index (χ0) is 21.1. The van der Waals surface area contributed by atoms with Crippen LogP contribution in [-0.4, -0.2) is 13.2 Å². The molecule has 0 radical (unpaired) electrons. The second kappa shape index (κ2) is 9.84. The lowest BCUT2D eigenvalue weighted by atomic mass is 9.44. The maximum atomic E-state index is 6.13. The lowest BCUT2D eigenvalue weighted by molar-refractivity contribution is -0.167. The molecule has 1 nitrogen and oxygen atoms in total. The molecule has 28 heavy (non-hydrogen) atoms. The fourth-order valence-corrected chi connectivity index (χ4v) is 8.72. The van der Waals surface area contributed by atoms with E-state index >= 15 is 0 Å². The Morgan fingerprint density at radius 3 is 2.00 bits per heavy atom. The van der Waals surface area contributed by atoms with Crippen molar-refractivity contribution < 1.29 is 4.74 Å². The monoisotopic (exact) mass is 392 g/mol. The van der Waals surface area contributed by atoms with Crippen LogP contribution in [0.1, 0.15) is 113 Å². The number of fused-ring (bicyclic) bond motifs is 5. The SMILES string of the molecule is CC.CC.COC1CC2C3CCC(C(C)C)C3(C)CCC2C2(C)CCCCC12. The van der Waals surface area contributed by atoms with E-state index in [1.54, 1.807) is 0 Å². The number of hydrogen-bond acceptors (Lipinski definition) is 1. The number of ether oxygens (including phenoxy) is 1. The summed E-state index contributed by atoms with van der Waals surface area (Å²) < 4.78 is 6.13. The van der Waals surface area contributed by atoms with E-state index in [-0.39, 0.29) is 0 Å². The Morgan fingerprint density at radius 2 is 1.39 bits per heavy atom. The second-order valence-corrected chi connectivity index (χ2v) is 10.7. The van der Waals surface area contributed by atoms with Crippen molar-refractivity contribution in [2.75, 3.05) is 7.11 Å². The van der Waals surface area contributed by atoms with Crippen LogP contribution in [0.5, 0.6) is 0 Å². The van der Waals surface area contributed by atoms with Gasteiger partial charge < -0.3 is 4.74 Å². The maximum absolute atomic E-state index is 6.13. The van der Waals surface area contributed by atoms with Crippen LogP contribution < -0.4 is 0 Å². The van der Waals surface area contributed by atoms with Gasteiger partial charge in [0.25, 0.3) is 0 Å². The molecule has 4 fully saturated rings. The van der Waals surface area contributed by atoms with Crippen molar-refractivity contribution in [3.8, 4) is 0 Å². The standard InChI is InChI=1S/C23H40O.2C2H6/c1-15(2)17-9-10-18-16-14-21(24-5)20-8-6-7-12-22(20,3)19(16)11-13-23(17,18)4;2*1-2/h15-21H,6-14H2,1-5H3;2*1-2H3. The third-order valence-corrected chi connectivity index (χ3v) is 9.75. The second-order valence-electron chi connectivity index (χ2n) is 10.7. The van der Waals surface area contributed by atoms with Gasteiger partial charge in [0.2, 0.25) is 0 Å². The normalized spacial score (nSPS) is 46.9. The summed E-state index contributed by atoms with van der Waals surface area (Å²) in [6.07, 6.45) is 13.7. The highest BCUT2D eigenvalue weighted by molar-refractivity contribution is 5.10. The average molecular weight is 393 g/mol. The van der Waals surface area contributed by atoms with E-state index in [4.69, 9.17) is 4.74 Å². The first-order valence-corrected chi connectivity index (χ1v) is 12.9. The van der Waals surface area contributed by atoms with Gasteiger partial charge in [-0.3, -0.25) is 0 Å². The van der Waals surface area contributed by atoms with E-state index in [1.807, 2.05) is 34.8 Å². The molecule has 1 heteroatoms. The lowest BCUT2D eigenvalue weighted by Gasteiger charge is -2.62. The third-order valence-electron chi connectivity index (χ3n) is 9.75. The van der Waals surface area contributed by atoms with Gasteiger partial charge in [-0.2, -0.15) is 0 Å². The highest BCUT2D eigenvalue weighted by Gasteiger charge is 2.61. The van der Waals surface area contributed by atoms with Gasteiger partial charge in [-0.1, -0.05) is 68.2 Å². The molecule has 0 bridgehead atoms. The van der Waals surface area contributed by atoms with Crippen LogP contribution in [-0.2, 0) is 4.74 Å². The van der Waals surface area contributed by atoms with Crippen molar-refractivity contribution in [2.45, 2.75) is 119 Å². The minimum absolute atomic E-state index is 0.539. The molecule has 0 spiro atoms. The zero-order valence-corrected chi connectivity index (χ0v) is 20.8.